The number of ether oxygens (including phenoxy) is 2. The van der Waals surface area contributed by atoms with Gasteiger partial charge in [0.1, 0.15) is 5.57 Å². The Morgan fingerprint density at radius 2 is 1.83 bits per heavy atom. The van der Waals surface area contributed by atoms with Crippen molar-refractivity contribution in [2.24, 2.45) is 0 Å². The molecule has 156 valence electrons. The van der Waals surface area contributed by atoms with Crippen molar-refractivity contribution in [1.82, 2.24) is 5.32 Å². The fourth-order valence-electron chi connectivity index (χ4n) is 2.88. The molecule has 0 aromatic heterocycles. The second kappa shape index (κ2) is 9.28. The topological polar surface area (TPSA) is 67.9 Å². The van der Waals surface area contributed by atoms with Gasteiger partial charge in [-0.25, -0.2) is 0 Å². The molecule has 1 heterocycles. The van der Waals surface area contributed by atoms with Crippen LogP contribution in [-0.4, -0.2) is 29.6 Å². The van der Waals surface area contributed by atoms with Gasteiger partial charge in [0, 0.05) is 5.02 Å². The van der Waals surface area contributed by atoms with Crippen LogP contribution in [0.2, 0.25) is 5.02 Å². The van der Waals surface area contributed by atoms with Crippen LogP contribution in [-0.2, 0) is 9.59 Å². The predicted molar refractivity (Wildman–Crippen MR) is 121 cm³/mol. The first-order valence-electron chi connectivity index (χ1n) is 9.40. The number of nitrogens with zero attached hydrogens (tertiary/aromatic N) is 1. The highest BCUT2D eigenvalue weighted by molar-refractivity contribution is 7.80. The highest BCUT2D eigenvalue weighted by atomic mass is 35.5. The van der Waals surface area contributed by atoms with Gasteiger partial charge in [0.15, 0.2) is 16.6 Å². The normalized spacial score (nSPS) is 15.6. The van der Waals surface area contributed by atoms with Crippen LogP contribution in [0.5, 0.6) is 11.5 Å². The molecule has 1 aliphatic heterocycles. The molecule has 6 nitrogen and oxygen atoms in total. The molecular formula is C22H21ClN2O4S. The number of amides is 2. The zero-order valence-electron chi connectivity index (χ0n) is 16.8. The molecule has 0 radical (unpaired) electrons. The van der Waals surface area contributed by atoms with Gasteiger partial charge in [0.05, 0.1) is 18.4 Å². The van der Waals surface area contributed by atoms with E-state index in [0.717, 1.165) is 0 Å². The summed E-state index contributed by atoms with van der Waals surface area (Å²) in [6.07, 6.45) is 1.48. The molecule has 0 bridgehead atoms. The van der Waals surface area contributed by atoms with E-state index in [0.29, 0.717) is 34.4 Å². The first-order valence-corrected chi connectivity index (χ1v) is 10.2. The van der Waals surface area contributed by atoms with Gasteiger partial charge in [0.25, 0.3) is 11.8 Å². The first-order chi connectivity index (χ1) is 14.3. The summed E-state index contributed by atoms with van der Waals surface area (Å²) in [7, 11) is 0. The Hall–Kier alpha value is -2.90. The zero-order chi connectivity index (χ0) is 21.8. The van der Waals surface area contributed by atoms with Crippen LogP contribution in [0, 0.1) is 0 Å². The van der Waals surface area contributed by atoms with E-state index in [2.05, 4.69) is 5.32 Å². The maximum atomic E-state index is 13.1. The summed E-state index contributed by atoms with van der Waals surface area (Å²) in [5, 5.41) is 3.10. The van der Waals surface area contributed by atoms with Crippen LogP contribution in [0.4, 0.5) is 5.69 Å². The molecule has 0 unspecified atom stereocenters. The Labute approximate surface area is 185 Å². The highest BCUT2D eigenvalue weighted by Crippen LogP contribution is 2.31. The monoisotopic (exact) mass is 444 g/mol. The molecule has 0 aliphatic carbocycles. The van der Waals surface area contributed by atoms with Crippen LogP contribution in [0.1, 0.15) is 26.3 Å². The number of nitrogens with one attached hydrogen (secondary N) is 1. The maximum Gasteiger partial charge on any atom is 0.270 e. The Kier molecular flexibility index (Phi) is 6.74. The number of thiocarbonyl (C=S) groups is 1. The fraction of sp³-hybridized carbons (Fsp3) is 0.227. The van der Waals surface area contributed by atoms with Gasteiger partial charge in [-0.1, -0.05) is 17.7 Å². The van der Waals surface area contributed by atoms with Crippen molar-refractivity contribution in [2.45, 2.75) is 26.9 Å². The van der Waals surface area contributed by atoms with Crippen LogP contribution < -0.4 is 19.7 Å². The summed E-state index contributed by atoms with van der Waals surface area (Å²) < 4.78 is 11.4. The number of carbonyl (C=O) groups excluding carboxylic acids is 2. The Morgan fingerprint density at radius 3 is 2.47 bits per heavy atom. The summed E-state index contributed by atoms with van der Waals surface area (Å²) in [5.41, 5.74) is 1.09. The molecule has 2 aromatic rings. The molecule has 2 aromatic carbocycles. The molecule has 1 saturated heterocycles. The minimum Gasteiger partial charge on any atom is -0.490 e. The molecule has 8 heteroatoms. The lowest BCUT2D eigenvalue weighted by Crippen LogP contribution is -2.54. The van der Waals surface area contributed by atoms with Crippen molar-refractivity contribution in [2.75, 3.05) is 11.5 Å². The number of halogens is 1. The number of anilines is 1. The minimum atomic E-state index is -0.560. The summed E-state index contributed by atoms with van der Waals surface area (Å²) in [6.45, 7) is 6.16. The van der Waals surface area contributed by atoms with E-state index in [1.54, 1.807) is 42.5 Å². The van der Waals surface area contributed by atoms with Crippen molar-refractivity contribution in [3.05, 3.63) is 58.6 Å². The van der Waals surface area contributed by atoms with Gasteiger partial charge in [0.2, 0.25) is 0 Å². The first kappa shape index (κ1) is 21.8. The number of hydrogen-bond donors (Lipinski definition) is 1. The maximum absolute atomic E-state index is 13.1. The van der Waals surface area contributed by atoms with Gasteiger partial charge in [-0.3, -0.25) is 19.8 Å². The zero-order valence-corrected chi connectivity index (χ0v) is 18.3. The van der Waals surface area contributed by atoms with Crippen molar-refractivity contribution < 1.29 is 19.1 Å². The lowest BCUT2D eigenvalue weighted by Gasteiger charge is -2.29. The van der Waals surface area contributed by atoms with Crippen molar-refractivity contribution in [3.63, 3.8) is 0 Å². The number of carbonyl (C=O) groups is 2. The molecule has 1 N–H and O–H groups in total. The predicted octanol–water partition coefficient (Wildman–Crippen LogP) is 4.36. The molecule has 0 atom stereocenters. The molecule has 2 amide bonds. The molecule has 30 heavy (non-hydrogen) atoms. The van der Waals surface area contributed by atoms with Crippen LogP contribution in [0.3, 0.4) is 0 Å². The Bertz CT molecular complexity index is 1020. The third-order valence-corrected chi connectivity index (χ3v) is 4.66. The number of hydrogen-bond acceptors (Lipinski definition) is 5. The summed E-state index contributed by atoms with van der Waals surface area (Å²) in [4.78, 5) is 26.8. The van der Waals surface area contributed by atoms with E-state index in [1.807, 2.05) is 20.8 Å². The van der Waals surface area contributed by atoms with Gasteiger partial charge in [-0.2, -0.15) is 0 Å². The van der Waals surface area contributed by atoms with Gasteiger partial charge in [-0.05, 0) is 81.0 Å². The van der Waals surface area contributed by atoms with Crippen molar-refractivity contribution in [1.29, 1.82) is 0 Å². The highest BCUT2D eigenvalue weighted by Gasteiger charge is 2.34. The largest absolute Gasteiger partial charge is 0.490 e. The number of rotatable bonds is 6. The lowest BCUT2D eigenvalue weighted by atomic mass is 10.1. The average molecular weight is 445 g/mol. The lowest BCUT2D eigenvalue weighted by molar-refractivity contribution is -0.122. The Morgan fingerprint density at radius 1 is 1.13 bits per heavy atom. The molecule has 1 aliphatic rings. The molecule has 3 rings (SSSR count). The van der Waals surface area contributed by atoms with Crippen LogP contribution in [0.15, 0.2) is 48.0 Å². The van der Waals surface area contributed by atoms with Crippen LogP contribution >= 0.6 is 23.8 Å². The van der Waals surface area contributed by atoms with Crippen molar-refractivity contribution >= 4 is 52.5 Å². The van der Waals surface area contributed by atoms with E-state index in [-0.39, 0.29) is 16.8 Å². The van der Waals surface area contributed by atoms with E-state index in [1.165, 1.54) is 11.0 Å². The van der Waals surface area contributed by atoms with E-state index < -0.39 is 11.8 Å². The van der Waals surface area contributed by atoms with Crippen molar-refractivity contribution in [3.8, 4) is 11.5 Å². The third kappa shape index (κ3) is 4.80. The molecule has 0 spiro atoms. The smallest absolute Gasteiger partial charge is 0.270 e. The third-order valence-electron chi connectivity index (χ3n) is 4.13. The SMILES string of the molecule is CCOc1cc(C=C2C(=O)NC(=S)N(c3ccc(Cl)cc3)C2=O)ccc1OC(C)C. The minimum absolute atomic E-state index is 0.0140. The van der Waals surface area contributed by atoms with Gasteiger partial charge < -0.3 is 9.47 Å². The van der Waals surface area contributed by atoms with Gasteiger partial charge >= 0.3 is 0 Å². The summed E-state index contributed by atoms with van der Waals surface area (Å²) >= 11 is 11.1. The van der Waals surface area contributed by atoms with Crippen LogP contribution in [0.25, 0.3) is 6.08 Å². The average Bonchev–Trinajstić information content (AvgIpc) is 2.68. The molecular weight excluding hydrogens is 424 g/mol. The number of benzene rings is 2. The summed E-state index contributed by atoms with van der Waals surface area (Å²) in [6, 6.07) is 11.9. The second-order valence-electron chi connectivity index (χ2n) is 6.74. The Balaban J connectivity index is 1.97. The van der Waals surface area contributed by atoms with E-state index in [9.17, 15) is 9.59 Å². The van der Waals surface area contributed by atoms with E-state index >= 15 is 0 Å². The summed E-state index contributed by atoms with van der Waals surface area (Å²) in [5.74, 6) is 0.0499. The molecule has 0 saturated carbocycles. The fourth-order valence-corrected chi connectivity index (χ4v) is 3.29. The van der Waals surface area contributed by atoms with Gasteiger partial charge in [-0.15, -0.1) is 0 Å². The second-order valence-corrected chi connectivity index (χ2v) is 7.56. The standard InChI is InChI=1S/C22H21ClN2O4S/c1-4-28-19-12-14(5-10-18(19)29-13(2)3)11-17-20(26)24-22(30)25(21(17)27)16-8-6-15(23)7-9-16/h5-13H,4H2,1-3H3,(H,24,26,30). The molecule has 1 fully saturated rings. The quantitative estimate of drug-likeness (QED) is 0.407. The van der Waals surface area contributed by atoms with E-state index in [4.69, 9.17) is 33.3 Å².